The Labute approximate surface area is 101 Å². The van der Waals surface area contributed by atoms with Crippen molar-refractivity contribution < 1.29 is 0 Å². The average molecular weight is 271 g/mol. The molecule has 0 aliphatic rings. The molecule has 1 rings (SSSR count). The molecule has 0 fully saturated rings. The first-order valence-corrected chi connectivity index (χ1v) is 5.93. The lowest BCUT2D eigenvalue weighted by molar-refractivity contribution is 0.479. The van der Waals surface area contributed by atoms with Crippen LogP contribution in [0.1, 0.15) is 20.3 Å². The number of benzene rings is 1. The summed E-state index contributed by atoms with van der Waals surface area (Å²) >= 11 is 3.43. The Morgan fingerprint density at radius 2 is 1.80 bits per heavy atom. The molecule has 0 heterocycles. The first-order chi connectivity index (χ1) is 6.88. The van der Waals surface area contributed by atoms with E-state index >= 15 is 0 Å². The third kappa shape index (κ3) is 4.67. The fraction of sp³-hybridized carbons (Fsp3) is 0.500. The van der Waals surface area contributed by atoms with Crippen LogP contribution < -0.4 is 10.6 Å². The number of nitrogens with two attached hydrogens (primary N) is 1. The second kappa shape index (κ2) is 4.99. The Hall–Kier alpha value is -0.540. The van der Waals surface area contributed by atoms with E-state index in [1.54, 1.807) is 0 Å². The average Bonchev–Trinajstić information content (AvgIpc) is 2.14. The van der Waals surface area contributed by atoms with Crippen LogP contribution in [0.4, 0.5) is 5.69 Å². The monoisotopic (exact) mass is 270 g/mol. The first-order valence-electron chi connectivity index (χ1n) is 5.14. The van der Waals surface area contributed by atoms with E-state index in [9.17, 15) is 0 Å². The van der Waals surface area contributed by atoms with Crippen molar-refractivity contribution in [3.8, 4) is 0 Å². The fourth-order valence-electron chi connectivity index (χ4n) is 1.28. The van der Waals surface area contributed by atoms with E-state index in [2.05, 4.69) is 66.0 Å². The Morgan fingerprint density at radius 3 is 2.27 bits per heavy atom. The number of nitrogens with zero attached hydrogens (tertiary/aromatic N) is 1. The van der Waals surface area contributed by atoms with Crippen LogP contribution in [0.3, 0.4) is 0 Å². The fourth-order valence-corrected chi connectivity index (χ4v) is 1.54. The molecule has 0 atom stereocenters. The van der Waals surface area contributed by atoms with Gasteiger partial charge in [-0.15, -0.1) is 0 Å². The second-order valence-electron chi connectivity index (χ2n) is 4.64. The summed E-state index contributed by atoms with van der Waals surface area (Å²) in [6.07, 6.45) is 0.986. The van der Waals surface area contributed by atoms with E-state index in [0.717, 1.165) is 17.4 Å². The molecule has 0 aliphatic heterocycles. The summed E-state index contributed by atoms with van der Waals surface area (Å²) in [5.41, 5.74) is 7.08. The van der Waals surface area contributed by atoms with Gasteiger partial charge in [0.05, 0.1) is 0 Å². The summed E-state index contributed by atoms with van der Waals surface area (Å²) < 4.78 is 1.11. The molecule has 1 aromatic rings. The second-order valence-corrected chi connectivity index (χ2v) is 5.55. The van der Waals surface area contributed by atoms with Crippen LogP contribution in [0.5, 0.6) is 0 Å². The largest absolute Gasteiger partial charge is 0.375 e. The minimum atomic E-state index is -0.0936. The Bertz CT molecular complexity index is 300. The number of anilines is 1. The molecule has 84 valence electrons. The summed E-state index contributed by atoms with van der Waals surface area (Å²) in [7, 11) is 2.09. The molecule has 0 amide bonds. The van der Waals surface area contributed by atoms with Gasteiger partial charge in [0.15, 0.2) is 0 Å². The van der Waals surface area contributed by atoms with Gasteiger partial charge >= 0.3 is 0 Å². The normalized spacial score (nSPS) is 11.5. The van der Waals surface area contributed by atoms with Crippen molar-refractivity contribution >= 4 is 21.6 Å². The summed E-state index contributed by atoms with van der Waals surface area (Å²) in [5.74, 6) is 0. The summed E-state index contributed by atoms with van der Waals surface area (Å²) in [6.45, 7) is 5.09. The van der Waals surface area contributed by atoms with Gasteiger partial charge in [-0.2, -0.15) is 0 Å². The lowest BCUT2D eigenvalue weighted by Crippen LogP contribution is -2.36. The molecule has 1 aromatic carbocycles. The zero-order chi connectivity index (χ0) is 11.5. The molecule has 0 radical (unpaired) electrons. The van der Waals surface area contributed by atoms with E-state index in [4.69, 9.17) is 5.73 Å². The van der Waals surface area contributed by atoms with Crippen LogP contribution in [0.15, 0.2) is 28.7 Å². The van der Waals surface area contributed by atoms with E-state index in [0.29, 0.717) is 0 Å². The topological polar surface area (TPSA) is 29.3 Å². The minimum absolute atomic E-state index is 0.0936. The van der Waals surface area contributed by atoms with Crippen molar-refractivity contribution in [3.63, 3.8) is 0 Å². The van der Waals surface area contributed by atoms with Crippen molar-refractivity contribution in [1.82, 2.24) is 0 Å². The van der Waals surface area contributed by atoms with Gasteiger partial charge in [0, 0.05) is 29.3 Å². The molecule has 2 nitrogen and oxygen atoms in total. The van der Waals surface area contributed by atoms with Gasteiger partial charge in [-0.3, -0.25) is 0 Å². The van der Waals surface area contributed by atoms with E-state index < -0.39 is 0 Å². The molecule has 0 bridgehead atoms. The maximum atomic E-state index is 5.95. The SMILES string of the molecule is CN(CCC(C)(C)N)c1ccc(Br)cc1. The Balaban J connectivity index is 2.54. The lowest BCUT2D eigenvalue weighted by atomic mass is 10.0. The lowest BCUT2D eigenvalue weighted by Gasteiger charge is -2.25. The number of halogens is 1. The highest BCUT2D eigenvalue weighted by atomic mass is 79.9. The first kappa shape index (κ1) is 12.5. The molecule has 0 aromatic heterocycles. The maximum absolute atomic E-state index is 5.95. The zero-order valence-corrected chi connectivity index (χ0v) is 11.2. The van der Waals surface area contributed by atoms with Crippen molar-refractivity contribution in [2.45, 2.75) is 25.8 Å². The predicted octanol–water partition coefficient (Wildman–Crippen LogP) is 3.01. The highest BCUT2D eigenvalue weighted by molar-refractivity contribution is 9.10. The molecule has 0 aliphatic carbocycles. The molecule has 0 saturated carbocycles. The molecular formula is C12H19BrN2. The third-order valence-corrected chi connectivity index (χ3v) is 2.89. The maximum Gasteiger partial charge on any atom is 0.0364 e. The smallest absolute Gasteiger partial charge is 0.0364 e. The molecule has 0 saturated heterocycles. The van der Waals surface area contributed by atoms with Gasteiger partial charge in [-0.25, -0.2) is 0 Å². The number of hydrogen-bond acceptors (Lipinski definition) is 2. The van der Waals surface area contributed by atoms with Crippen LogP contribution >= 0.6 is 15.9 Å². The molecule has 0 unspecified atom stereocenters. The number of hydrogen-bond donors (Lipinski definition) is 1. The Kier molecular flexibility index (Phi) is 4.17. The predicted molar refractivity (Wildman–Crippen MR) is 70.3 cm³/mol. The van der Waals surface area contributed by atoms with Gasteiger partial charge in [0.2, 0.25) is 0 Å². The Morgan fingerprint density at radius 1 is 1.27 bits per heavy atom. The van der Waals surface area contributed by atoms with Crippen molar-refractivity contribution in [2.24, 2.45) is 5.73 Å². The van der Waals surface area contributed by atoms with Crippen LogP contribution in [0, 0.1) is 0 Å². The summed E-state index contributed by atoms with van der Waals surface area (Å²) in [6, 6.07) is 8.32. The van der Waals surface area contributed by atoms with Crippen molar-refractivity contribution in [3.05, 3.63) is 28.7 Å². The van der Waals surface area contributed by atoms with Crippen molar-refractivity contribution in [2.75, 3.05) is 18.5 Å². The third-order valence-electron chi connectivity index (χ3n) is 2.36. The quantitative estimate of drug-likeness (QED) is 0.912. The van der Waals surface area contributed by atoms with E-state index in [-0.39, 0.29) is 5.54 Å². The summed E-state index contributed by atoms with van der Waals surface area (Å²) in [5, 5.41) is 0. The van der Waals surface area contributed by atoms with Gasteiger partial charge in [-0.1, -0.05) is 15.9 Å². The zero-order valence-electron chi connectivity index (χ0n) is 9.63. The van der Waals surface area contributed by atoms with Gasteiger partial charge in [-0.05, 0) is 44.5 Å². The van der Waals surface area contributed by atoms with E-state index in [1.807, 2.05) is 0 Å². The molecule has 2 N–H and O–H groups in total. The highest BCUT2D eigenvalue weighted by Gasteiger charge is 2.11. The van der Waals surface area contributed by atoms with Crippen LogP contribution in [-0.2, 0) is 0 Å². The standard InChI is InChI=1S/C12H19BrN2/c1-12(2,14)8-9-15(3)11-6-4-10(13)5-7-11/h4-7H,8-9,14H2,1-3H3. The van der Waals surface area contributed by atoms with Gasteiger partial charge < -0.3 is 10.6 Å². The minimum Gasteiger partial charge on any atom is -0.375 e. The molecule has 3 heteroatoms. The van der Waals surface area contributed by atoms with Crippen LogP contribution in [-0.4, -0.2) is 19.1 Å². The molecular weight excluding hydrogens is 252 g/mol. The molecule has 0 spiro atoms. The van der Waals surface area contributed by atoms with Gasteiger partial charge in [0.1, 0.15) is 0 Å². The highest BCUT2D eigenvalue weighted by Crippen LogP contribution is 2.18. The van der Waals surface area contributed by atoms with Gasteiger partial charge in [0.25, 0.3) is 0 Å². The molecule has 15 heavy (non-hydrogen) atoms. The number of rotatable bonds is 4. The van der Waals surface area contributed by atoms with Crippen molar-refractivity contribution in [1.29, 1.82) is 0 Å². The van der Waals surface area contributed by atoms with E-state index in [1.165, 1.54) is 5.69 Å². The summed E-state index contributed by atoms with van der Waals surface area (Å²) in [4.78, 5) is 2.22. The van der Waals surface area contributed by atoms with Crippen LogP contribution in [0.25, 0.3) is 0 Å². The van der Waals surface area contributed by atoms with Crippen LogP contribution in [0.2, 0.25) is 0 Å².